The molecule has 1 saturated carbocycles. The fraction of sp³-hybridized carbons (Fsp3) is 0.294. The van der Waals surface area contributed by atoms with Gasteiger partial charge in [0.15, 0.2) is 0 Å². The van der Waals surface area contributed by atoms with Crippen LogP contribution < -0.4 is 17.0 Å². The number of phenolic OH excluding ortho intramolecular Hbond substituents is 1. The molecular weight excluding hydrogens is 313 g/mol. The summed E-state index contributed by atoms with van der Waals surface area (Å²) < 4.78 is 15.2. The summed E-state index contributed by atoms with van der Waals surface area (Å²) in [5, 5.41) is 9.93. The molecule has 1 amide bonds. The number of anilines is 1. The van der Waals surface area contributed by atoms with E-state index in [0.717, 1.165) is 23.5 Å². The van der Waals surface area contributed by atoms with Crippen molar-refractivity contribution in [2.24, 2.45) is 5.73 Å². The van der Waals surface area contributed by atoms with Gasteiger partial charge in [0.2, 0.25) is 0 Å². The Morgan fingerprint density at radius 1 is 1.29 bits per heavy atom. The number of carbonyl (C=O) groups is 1. The van der Waals surface area contributed by atoms with E-state index in [2.05, 4.69) is 0 Å². The number of phenols is 1. The monoisotopic (exact) mass is 331 g/mol. The summed E-state index contributed by atoms with van der Waals surface area (Å²) in [7, 11) is 0. The number of benzene rings is 1. The zero-order valence-corrected chi connectivity index (χ0v) is 13.4. The zero-order chi connectivity index (χ0) is 17.8. The minimum atomic E-state index is -0.765. The maximum atomic E-state index is 14.1. The van der Waals surface area contributed by atoms with Crippen LogP contribution in [0.25, 0.3) is 5.69 Å². The van der Waals surface area contributed by atoms with Gasteiger partial charge in [0, 0.05) is 22.8 Å². The number of aromatic hydroxyl groups is 1. The molecule has 1 aliphatic rings. The molecule has 0 aliphatic heterocycles. The van der Waals surface area contributed by atoms with Crippen LogP contribution in [0, 0.1) is 19.7 Å². The molecule has 0 bridgehead atoms. The number of pyridine rings is 1. The first kappa shape index (κ1) is 16.0. The van der Waals surface area contributed by atoms with Crippen LogP contribution in [0.3, 0.4) is 0 Å². The molecule has 0 saturated heterocycles. The number of nitrogens with zero attached hydrogens (tertiary/aromatic N) is 1. The highest BCUT2D eigenvalue weighted by molar-refractivity contribution is 5.97. The topological polar surface area (TPSA) is 111 Å². The second kappa shape index (κ2) is 5.36. The van der Waals surface area contributed by atoms with Gasteiger partial charge in [-0.25, -0.2) is 4.39 Å². The minimum Gasteiger partial charge on any atom is -0.507 e. The van der Waals surface area contributed by atoms with Gasteiger partial charge in [-0.1, -0.05) is 0 Å². The number of rotatable bonds is 3. The Balaban J connectivity index is 2.45. The molecule has 1 fully saturated rings. The van der Waals surface area contributed by atoms with Crippen LogP contribution >= 0.6 is 0 Å². The van der Waals surface area contributed by atoms with Crippen molar-refractivity contribution in [3.63, 3.8) is 0 Å². The second-order valence-electron chi connectivity index (χ2n) is 6.15. The molecule has 0 radical (unpaired) electrons. The molecule has 0 unspecified atom stereocenters. The number of amides is 1. The normalized spacial score (nSPS) is 14.0. The molecule has 1 aliphatic carbocycles. The largest absolute Gasteiger partial charge is 0.507 e. The molecule has 1 aromatic heterocycles. The van der Waals surface area contributed by atoms with E-state index in [0.29, 0.717) is 11.1 Å². The standard InChI is InChI=1S/C17H18FN3O3/c1-7-12(18)6-13(22)8(2)14(7)21-15(19)11(16(20)23)5-10(17(21)24)9-3-4-9/h5-6,9,22H,3-4,19H2,1-2H3,(H2,20,23). The predicted molar refractivity (Wildman–Crippen MR) is 88.0 cm³/mol. The Bertz CT molecular complexity index is 904. The number of nitrogens with two attached hydrogens (primary N) is 2. The van der Waals surface area contributed by atoms with Crippen molar-refractivity contribution in [2.75, 3.05) is 5.73 Å². The third-order valence-electron chi connectivity index (χ3n) is 4.49. The fourth-order valence-electron chi connectivity index (χ4n) is 2.94. The van der Waals surface area contributed by atoms with E-state index in [1.54, 1.807) is 6.92 Å². The van der Waals surface area contributed by atoms with Gasteiger partial charge >= 0.3 is 0 Å². The van der Waals surface area contributed by atoms with Gasteiger partial charge < -0.3 is 16.6 Å². The van der Waals surface area contributed by atoms with Gasteiger partial charge in [0.25, 0.3) is 11.5 Å². The highest BCUT2D eigenvalue weighted by Crippen LogP contribution is 2.40. The molecule has 24 heavy (non-hydrogen) atoms. The van der Waals surface area contributed by atoms with Gasteiger partial charge in [0.05, 0.1) is 11.3 Å². The van der Waals surface area contributed by atoms with Gasteiger partial charge in [0.1, 0.15) is 17.4 Å². The Morgan fingerprint density at radius 3 is 2.46 bits per heavy atom. The lowest BCUT2D eigenvalue weighted by Crippen LogP contribution is -2.29. The Labute approximate surface area is 137 Å². The summed E-state index contributed by atoms with van der Waals surface area (Å²) in [6, 6.07) is 2.41. The molecular formula is C17H18FN3O3. The van der Waals surface area contributed by atoms with E-state index in [1.165, 1.54) is 13.0 Å². The molecule has 7 heteroatoms. The second-order valence-corrected chi connectivity index (χ2v) is 6.15. The van der Waals surface area contributed by atoms with Gasteiger partial charge in [-0.3, -0.25) is 14.2 Å². The van der Waals surface area contributed by atoms with Crippen molar-refractivity contribution < 1.29 is 14.3 Å². The Kier molecular flexibility index (Phi) is 3.59. The molecule has 3 rings (SSSR count). The van der Waals surface area contributed by atoms with Crippen LogP contribution in [0.15, 0.2) is 16.9 Å². The number of aromatic nitrogens is 1. The van der Waals surface area contributed by atoms with Gasteiger partial charge in [-0.15, -0.1) is 0 Å². The summed E-state index contributed by atoms with van der Waals surface area (Å²) >= 11 is 0. The molecule has 0 spiro atoms. The number of nitrogen functional groups attached to an aromatic ring is 1. The molecule has 1 aromatic carbocycles. The molecule has 6 nitrogen and oxygen atoms in total. The van der Waals surface area contributed by atoms with Crippen LogP contribution in [-0.2, 0) is 0 Å². The highest BCUT2D eigenvalue weighted by Gasteiger charge is 2.30. The fourth-order valence-corrected chi connectivity index (χ4v) is 2.94. The first-order chi connectivity index (χ1) is 11.2. The van der Waals surface area contributed by atoms with E-state index < -0.39 is 17.3 Å². The van der Waals surface area contributed by atoms with Crippen molar-refractivity contribution in [3.8, 4) is 11.4 Å². The molecule has 5 N–H and O–H groups in total. The van der Waals surface area contributed by atoms with Gasteiger partial charge in [-0.05, 0) is 38.7 Å². The summed E-state index contributed by atoms with van der Waals surface area (Å²) in [4.78, 5) is 24.6. The van der Waals surface area contributed by atoms with Crippen LogP contribution in [0.2, 0.25) is 0 Å². The Hall–Kier alpha value is -2.83. The Morgan fingerprint density at radius 2 is 1.92 bits per heavy atom. The lowest BCUT2D eigenvalue weighted by Gasteiger charge is -2.19. The summed E-state index contributed by atoms with van der Waals surface area (Å²) in [6.45, 7) is 3.04. The maximum absolute atomic E-state index is 14.1. The predicted octanol–water partition coefficient (Wildman–Crippen LogP) is 1.86. The summed E-state index contributed by atoms with van der Waals surface area (Å²) in [5.74, 6) is -1.84. The smallest absolute Gasteiger partial charge is 0.260 e. The number of halogens is 1. The summed E-state index contributed by atoms with van der Waals surface area (Å²) in [6.07, 6.45) is 1.67. The zero-order valence-electron chi connectivity index (χ0n) is 13.4. The quantitative estimate of drug-likeness (QED) is 0.797. The van der Waals surface area contributed by atoms with Crippen LogP contribution in [0.4, 0.5) is 10.2 Å². The van der Waals surface area contributed by atoms with Crippen molar-refractivity contribution in [3.05, 3.63) is 50.6 Å². The average molecular weight is 331 g/mol. The lowest BCUT2D eigenvalue weighted by molar-refractivity contribution is 0.100. The first-order valence-electron chi connectivity index (χ1n) is 7.58. The lowest BCUT2D eigenvalue weighted by atomic mass is 10.0. The first-order valence-corrected chi connectivity index (χ1v) is 7.58. The SMILES string of the molecule is Cc1c(O)cc(F)c(C)c1-n1c(N)c(C(N)=O)cc(C2CC2)c1=O. The number of hydrogen-bond donors (Lipinski definition) is 3. The number of hydrogen-bond acceptors (Lipinski definition) is 4. The minimum absolute atomic E-state index is 0.0130. The third-order valence-corrected chi connectivity index (χ3v) is 4.49. The number of primary amides is 1. The van der Waals surface area contributed by atoms with Crippen LogP contribution in [0.5, 0.6) is 5.75 Å². The maximum Gasteiger partial charge on any atom is 0.260 e. The number of carbonyl (C=O) groups excluding carboxylic acids is 1. The van der Waals surface area contributed by atoms with E-state index in [1.807, 2.05) is 0 Å². The molecule has 2 aromatic rings. The highest BCUT2D eigenvalue weighted by atomic mass is 19.1. The van der Waals surface area contributed by atoms with Crippen molar-refractivity contribution in [1.82, 2.24) is 4.57 Å². The summed E-state index contributed by atoms with van der Waals surface area (Å²) in [5.41, 5.74) is 12.0. The van der Waals surface area contributed by atoms with Crippen molar-refractivity contribution in [2.45, 2.75) is 32.6 Å². The molecule has 126 valence electrons. The van der Waals surface area contributed by atoms with E-state index in [-0.39, 0.29) is 34.3 Å². The van der Waals surface area contributed by atoms with Crippen molar-refractivity contribution >= 4 is 11.7 Å². The van der Waals surface area contributed by atoms with Crippen molar-refractivity contribution in [1.29, 1.82) is 0 Å². The van der Waals surface area contributed by atoms with E-state index >= 15 is 0 Å². The average Bonchev–Trinajstić information content (AvgIpc) is 3.33. The van der Waals surface area contributed by atoms with Crippen LogP contribution in [0.1, 0.15) is 45.8 Å². The van der Waals surface area contributed by atoms with E-state index in [4.69, 9.17) is 11.5 Å². The van der Waals surface area contributed by atoms with Gasteiger partial charge in [-0.2, -0.15) is 0 Å². The molecule has 0 atom stereocenters. The third kappa shape index (κ3) is 2.33. The van der Waals surface area contributed by atoms with E-state index in [9.17, 15) is 19.1 Å². The molecule has 1 heterocycles. The van der Waals surface area contributed by atoms with Crippen LogP contribution in [-0.4, -0.2) is 15.6 Å².